The summed E-state index contributed by atoms with van der Waals surface area (Å²) < 4.78 is 1.71. The Bertz CT molecular complexity index is 950. The summed E-state index contributed by atoms with van der Waals surface area (Å²) in [7, 11) is 0. The van der Waals surface area contributed by atoms with Crippen LogP contribution in [0.25, 0.3) is 11.5 Å². The number of nitrogens with zero attached hydrogens (tertiary/aromatic N) is 7. The molecule has 1 fully saturated rings. The molecule has 0 aromatic carbocycles. The molecule has 1 aliphatic carbocycles. The molecule has 0 bridgehead atoms. The fourth-order valence-corrected chi connectivity index (χ4v) is 4.20. The first-order valence-corrected chi connectivity index (χ1v) is 9.83. The van der Waals surface area contributed by atoms with Gasteiger partial charge in [-0.25, -0.2) is 14.6 Å². The predicted molar refractivity (Wildman–Crippen MR) is 104 cm³/mol. The minimum absolute atomic E-state index is 0.474. The van der Waals surface area contributed by atoms with E-state index in [0.717, 1.165) is 49.6 Å². The molecular weight excluding hydrogens is 354 g/mol. The first-order chi connectivity index (χ1) is 13.7. The zero-order valence-electron chi connectivity index (χ0n) is 15.7. The molecule has 3 aromatic rings. The van der Waals surface area contributed by atoms with Crippen LogP contribution in [0.15, 0.2) is 36.8 Å². The van der Waals surface area contributed by atoms with Crippen LogP contribution in [0.4, 0.5) is 5.82 Å². The van der Waals surface area contributed by atoms with Gasteiger partial charge in [0, 0.05) is 36.7 Å². The second kappa shape index (κ2) is 6.94. The number of fused-ring (bicyclic) bond motifs is 1. The Morgan fingerprint density at radius 2 is 1.96 bits per heavy atom. The molecule has 0 spiro atoms. The van der Waals surface area contributed by atoms with E-state index in [0.29, 0.717) is 25.2 Å². The number of aromatic nitrogens is 6. The van der Waals surface area contributed by atoms with Gasteiger partial charge in [-0.2, -0.15) is 0 Å². The van der Waals surface area contributed by atoms with E-state index in [1.165, 1.54) is 5.56 Å². The van der Waals surface area contributed by atoms with Crippen molar-refractivity contribution in [3.8, 4) is 11.5 Å². The number of anilines is 1. The first-order valence-electron chi connectivity index (χ1n) is 9.83. The topological polar surface area (TPSA) is 92.8 Å². The SMILES string of the molecule is OC1(Cn2ccnn2)CCN(c2nc(-c3ccccn3)nc3c2CCC3)CC1. The van der Waals surface area contributed by atoms with Gasteiger partial charge in [0.15, 0.2) is 5.82 Å². The third kappa shape index (κ3) is 3.24. The number of rotatable bonds is 4. The number of piperidine rings is 1. The minimum atomic E-state index is -0.760. The van der Waals surface area contributed by atoms with Gasteiger partial charge < -0.3 is 10.0 Å². The second-order valence-corrected chi connectivity index (χ2v) is 7.68. The molecule has 8 nitrogen and oxygen atoms in total. The molecule has 1 N–H and O–H groups in total. The van der Waals surface area contributed by atoms with Crippen LogP contribution in [0.1, 0.15) is 30.5 Å². The molecule has 0 unspecified atom stereocenters. The van der Waals surface area contributed by atoms with Gasteiger partial charge >= 0.3 is 0 Å². The Kier molecular flexibility index (Phi) is 4.27. The molecule has 8 heteroatoms. The van der Waals surface area contributed by atoms with Crippen molar-refractivity contribution in [2.45, 2.75) is 44.2 Å². The van der Waals surface area contributed by atoms with E-state index >= 15 is 0 Å². The highest BCUT2D eigenvalue weighted by molar-refractivity contribution is 5.59. The van der Waals surface area contributed by atoms with E-state index in [9.17, 15) is 5.11 Å². The lowest BCUT2D eigenvalue weighted by Crippen LogP contribution is -2.47. The normalized spacial score (nSPS) is 18.2. The van der Waals surface area contributed by atoms with Crippen molar-refractivity contribution in [1.29, 1.82) is 0 Å². The van der Waals surface area contributed by atoms with Crippen LogP contribution >= 0.6 is 0 Å². The summed E-state index contributed by atoms with van der Waals surface area (Å²) in [5, 5.41) is 18.8. The maximum atomic E-state index is 11.0. The molecule has 144 valence electrons. The smallest absolute Gasteiger partial charge is 0.180 e. The Morgan fingerprint density at radius 3 is 2.71 bits per heavy atom. The van der Waals surface area contributed by atoms with Crippen molar-refractivity contribution in [1.82, 2.24) is 29.9 Å². The van der Waals surface area contributed by atoms with Crippen LogP contribution < -0.4 is 4.90 Å². The summed E-state index contributed by atoms with van der Waals surface area (Å²) in [6, 6.07) is 5.82. The molecule has 0 radical (unpaired) electrons. The van der Waals surface area contributed by atoms with Crippen molar-refractivity contribution in [3.63, 3.8) is 0 Å². The molecule has 0 amide bonds. The summed E-state index contributed by atoms with van der Waals surface area (Å²) in [5.74, 6) is 1.71. The molecule has 0 atom stereocenters. The summed E-state index contributed by atoms with van der Waals surface area (Å²) in [6.07, 6.45) is 9.68. The van der Waals surface area contributed by atoms with E-state index in [4.69, 9.17) is 9.97 Å². The summed E-state index contributed by atoms with van der Waals surface area (Å²) in [6.45, 7) is 1.99. The number of aliphatic hydroxyl groups is 1. The van der Waals surface area contributed by atoms with Gasteiger partial charge in [-0.15, -0.1) is 5.10 Å². The van der Waals surface area contributed by atoms with Crippen LogP contribution in [-0.2, 0) is 19.4 Å². The van der Waals surface area contributed by atoms with E-state index in [-0.39, 0.29) is 0 Å². The standard InChI is InChI=1S/C20H23N7O/c28-20(14-27-13-10-22-25-27)7-11-26(12-8-20)19-15-4-3-6-16(15)23-18(24-19)17-5-1-2-9-21-17/h1-2,5,9-10,13,28H,3-4,6-8,11-12,14H2. The first kappa shape index (κ1) is 17.2. The highest BCUT2D eigenvalue weighted by Gasteiger charge is 2.35. The van der Waals surface area contributed by atoms with Gasteiger partial charge in [-0.1, -0.05) is 11.3 Å². The van der Waals surface area contributed by atoms with E-state index in [2.05, 4.69) is 20.2 Å². The Morgan fingerprint density at radius 1 is 1.07 bits per heavy atom. The van der Waals surface area contributed by atoms with E-state index in [1.807, 2.05) is 18.2 Å². The van der Waals surface area contributed by atoms with E-state index < -0.39 is 5.60 Å². The van der Waals surface area contributed by atoms with Gasteiger partial charge in [0.1, 0.15) is 11.5 Å². The maximum absolute atomic E-state index is 11.0. The lowest BCUT2D eigenvalue weighted by atomic mass is 9.91. The van der Waals surface area contributed by atoms with Crippen molar-refractivity contribution in [3.05, 3.63) is 48.0 Å². The summed E-state index contributed by atoms with van der Waals surface area (Å²) in [4.78, 5) is 16.4. The molecule has 1 saturated heterocycles. The number of aryl methyl sites for hydroxylation is 1. The van der Waals surface area contributed by atoms with Gasteiger partial charge in [0.05, 0.1) is 18.3 Å². The lowest BCUT2D eigenvalue weighted by Gasteiger charge is -2.39. The summed E-state index contributed by atoms with van der Waals surface area (Å²) in [5.41, 5.74) is 2.46. The summed E-state index contributed by atoms with van der Waals surface area (Å²) >= 11 is 0. The predicted octanol–water partition coefficient (Wildman–Crippen LogP) is 1.65. The van der Waals surface area contributed by atoms with Crippen LogP contribution in [-0.4, -0.2) is 53.7 Å². The third-order valence-corrected chi connectivity index (χ3v) is 5.73. The maximum Gasteiger partial charge on any atom is 0.180 e. The largest absolute Gasteiger partial charge is 0.388 e. The highest BCUT2D eigenvalue weighted by Crippen LogP contribution is 2.34. The lowest BCUT2D eigenvalue weighted by molar-refractivity contribution is -0.00357. The Hall–Kier alpha value is -2.87. The van der Waals surface area contributed by atoms with Crippen molar-refractivity contribution in [2.75, 3.05) is 18.0 Å². The van der Waals surface area contributed by atoms with Gasteiger partial charge in [-0.05, 0) is 44.2 Å². The fraction of sp³-hybridized carbons (Fsp3) is 0.450. The average Bonchev–Trinajstić information content (AvgIpc) is 3.40. The molecule has 4 heterocycles. The molecule has 3 aromatic heterocycles. The average molecular weight is 377 g/mol. The fourth-order valence-electron chi connectivity index (χ4n) is 4.20. The number of hydrogen-bond donors (Lipinski definition) is 1. The monoisotopic (exact) mass is 377 g/mol. The van der Waals surface area contributed by atoms with Crippen molar-refractivity contribution >= 4 is 5.82 Å². The minimum Gasteiger partial charge on any atom is -0.388 e. The number of hydrogen-bond acceptors (Lipinski definition) is 7. The molecule has 0 saturated carbocycles. The molecular formula is C20H23N7O. The Labute approximate surface area is 163 Å². The van der Waals surface area contributed by atoms with Crippen LogP contribution in [0.2, 0.25) is 0 Å². The van der Waals surface area contributed by atoms with E-state index in [1.54, 1.807) is 23.3 Å². The zero-order chi connectivity index (χ0) is 19.0. The van der Waals surface area contributed by atoms with Crippen LogP contribution in [0.3, 0.4) is 0 Å². The van der Waals surface area contributed by atoms with Gasteiger partial charge in [0.25, 0.3) is 0 Å². The van der Waals surface area contributed by atoms with Gasteiger partial charge in [0.2, 0.25) is 0 Å². The molecule has 5 rings (SSSR count). The molecule has 2 aliphatic rings. The third-order valence-electron chi connectivity index (χ3n) is 5.73. The van der Waals surface area contributed by atoms with Crippen LogP contribution in [0.5, 0.6) is 0 Å². The van der Waals surface area contributed by atoms with Crippen molar-refractivity contribution < 1.29 is 5.11 Å². The molecule has 1 aliphatic heterocycles. The van der Waals surface area contributed by atoms with Crippen LogP contribution in [0, 0.1) is 0 Å². The van der Waals surface area contributed by atoms with Crippen molar-refractivity contribution in [2.24, 2.45) is 0 Å². The van der Waals surface area contributed by atoms with Gasteiger partial charge in [-0.3, -0.25) is 4.98 Å². The quantitative estimate of drug-likeness (QED) is 0.739. The highest BCUT2D eigenvalue weighted by atomic mass is 16.3. The molecule has 28 heavy (non-hydrogen) atoms. The second-order valence-electron chi connectivity index (χ2n) is 7.68. The Balaban J connectivity index is 1.40. The zero-order valence-corrected chi connectivity index (χ0v) is 15.7. The number of pyridine rings is 1.